The van der Waals surface area contributed by atoms with Crippen LogP contribution in [-0.4, -0.2) is 29.1 Å². The molecule has 2 amide bonds. The van der Waals surface area contributed by atoms with Crippen molar-refractivity contribution in [3.05, 3.63) is 57.0 Å². The maximum absolute atomic E-state index is 12.9. The van der Waals surface area contributed by atoms with Gasteiger partial charge in [-0.15, -0.1) is 0 Å². The third-order valence-electron chi connectivity index (χ3n) is 3.79. The van der Waals surface area contributed by atoms with Gasteiger partial charge >= 0.3 is 0 Å². The lowest BCUT2D eigenvalue weighted by molar-refractivity contribution is -0.122. The maximum Gasteiger partial charge on any atom is 0.270 e. The van der Waals surface area contributed by atoms with Gasteiger partial charge in [0.1, 0.15) is 17.1 Å². The molecule has 1 aliphatic heterocycles. The summed E-state index contributed by atoms with van der Waals surface area (Å²) in [6, 6.07) is 9.58. The Labute approximate surface area is 173 Å². The zero-order chi connectivity index (χ0) is 19.7. The second kappa shape index (κ2) is 7.67. The van der Waals surface area contributed by atoms with E-state index in [0.29, 0.717) is 20.9 Å². The smallest absolute Gasteiger partial charge is 0.270 e. The average Bonchev–Trinajstić information content (AvgIpc) is 2.62. The highest BCUT2D eigenvalue weighted by molar-refractivity contribution is 9.10. The van der Waals surface area contributed by atoms with Gasteiger partial charge in [0, 0.05) is 10.6 Å². The summed E-state index contributed by atoms with van der Waals surface area (Å²) in [5.41, 5.74) is 0.493. The minimum absolute atomic E-state index is 0.0381. The monoisotopic (exact) mass is 466 g/mol. The lowest BCUT2D eigenvalue weighted by atomic mass is 10.1. The van der Waals surface area contributed by atoms with Crippen molar-refractivity contribution < 1.29 is 19.4 Å². The minimum atomic E-state index is -0.662. The molecular formula is C18H12BrClN2O4S. The summed E-state index contributed by atoms with van der Waals surface area (Å²) in [6.45, 7) is 0. The van der Waals surface area contributed by atoms with E-state index < -0.39 is 11.8 Å². The number of ether oxygens (including phenoxy) is 1. The van der Waals surface area contributed by atoms with Gasteiger partial charge in [0.2, 0.25) is 0 Å². The van der Waals surface area contributed by atoms with Crippen molar-refractivity contribution in [2.24, 2.45) is 0 Å². The number of methoxy groups -OCH3 is 1. The zero-order valence-corrected chi connectivity index (χ0v) is 17.0. The summed E-state index contributed by atoms with van der Waals surface area (Å²) >= 11 is 14.3. The number of amides is 2. The minimum Gasteiger partial charge on any atom is -0.506 e. The van der Waals surface area contributed by atoms with Crippen LogP contribution in [-0.2, 0) is 9.59 Å². The predicted octanol–water partition coefficient (Wildman–Crippen LogP) is 3.65. The predicted molar refractivity (Wildman–Crippen MR) is 110 cm³/mol. The van der Waals surface area contributed by atoms with E-state index in [0.717, 1.165) is 0 Å². The van der Waals surface area contributed by atoms with E-state index in [1.165, 1.54) is 30.2 Å². The molecule has 0 unspecified atom stereocenters. The number of phenols is 1. The van der Waals surface area contributed by atoms with Crippen molar-refractivity contribution in [1.82, 2.24) is 5.32 Å². The highest BCUT2D eigenvalue weighted by atomic mass is 79.9. The van der Waals surface area contributed by atoms with E-state index in [4.69, 9.17) is 28.6 Å². The summed E-state index contributed by atoms with van der Waals surface area (Å²) in [4.78, 5) is 26.4. The van der Waals surface area contributed by atoms with Gasteiger partial charge in [-0.05, 0) is 70.6 Å². The van der Waals surface area contributed by atoms with Crippen molar-refractivity contribution in [2.75, 3.05) is 12.0 Å². The maximum atomic E-state index is 12.9. The fraction of sp³-hybridized carbons (Fsp3) is 0.0556. The van der Waals surface area contributed by atoms with Crippen LogP contribution in [0, 0.1) is 0 Å². The summed E-state index contributed by atoms with van der Waals surface area (Å²) in [7, 11) is 1.53. The molecular weight excluding hydrogens is 456 g/mol. The van der Waals surface area contributed by atoms with Gasteiger partial charge in [0.25, 0.3) is 11.8 Å². The van der Waals surface area contributed by atoms with Gasteiger partial charge < -0.3 is 9.84 Å². The van der Waals surface area contributed by atoms with E-state index in [2.05, 4.69) is 21.2 Å². The van der Waals surface area contributed by atoms with E-state index in [9.17, 15) is 14.7 Å². The van der Waals surface area contributed by atoms with Crippen LogP contribution in [0.4, 0.5) is 5.69 Å². The molecule has 0 bridgehead atoms. The number of benzene rings is 2. The van der Waals surface area contributed by atoms with Crippen molar-refractivity contribution in [3.8, 4) is 11.5 Å². The molecule has 27 heavy (non-hydrogen) atoms. The van der Waals surface area contributed by atoms with Crippen LogP contribution in [0.25, 0.3) is 6.08 Å². The third kappa shape index (κ3) is 3.83. The van der Waals surface area contributed by atoms with Gasteiger partial charge in [-0.3, -0.25) is 19.8 Å². The molecule has 1 aliphatic rings. The molecule has 0 aromatic heterocycles. The van der Waals surface area contributed by atoms with E-state index in [-0.39, 0.29) is 22.0 Å². The molecule has 1 saturated heterocycles. The van der Waals surface area contributed by atoms with Crippen LogP contribution < -0.4 is 15.0 Å². The Morgan fingerprint density at radius 2 is 1.93 bits per heavy atom. The van der Waals surface area contributed by atoms with Gasteiger partial charge in [-0.1, -0.05) is 11.6 Å². The van der Waals surface area contributed by atoms with Crippen LogP contribution >= 0.6 is 39.7 Å². The second-order valence-corrected chi connectivity index (χ2v) is 7.16. The molecule has 0 spiro atoms. The Bertz CT molecular complexity index is 992. The zero-order valence-electron chi connectivity index (χ0n) is 13.8. The highest BCUT2D eigenvalue weighted by Crippen LogP contribution is 2.33. The summed E-state index contributed by atoms with van der Waals surface area (Å²) in [5.74, 6) is -0.811. The van der Waals surface area contributed by atoms with Gasteiger partial charge in [0.05, 0.1) is 17.3 Å². The van der Waals surface area contributed by atoms with Gasteiger partial charge in [-0.25, -0.2) is 0 Å². The lowest BCUT2D eigenvalue weighted by Crippen LogP contribution is -2.54. The fourth-order valence-corrected chi connectivity index (χ4v) is 3.59. The number of thiocarbonyl (C=S) groups is 1. The molecule has 2 aromatic carbocycles. The van der Waals surface area contributed by atoms with Crippen LogP contribution in [0.5, 0.6) is 11.5 Å². The first-order valence-electron chi connectivity index (χ1n) is 7.55. The Morgan fingerprint density at radius 1 is 1.26 bits per heavy atom. The number of anilines is 1. The fourth-order valence-electron chi connectivity index (χ4n) is 2.47. The van der Waals surface area contributed by atoms with E-state index in [1.54, 1.807) is 24.3 Å². The third-order valence-corrected chi connectivity index (χ3v) is 4.90. The quantitative estimate of drug-likeness (QED) is 0.409. The molecule has 0 radical (unpaired) electrons. The lowest BCUT2D eigenvalue weighted by Gasteiger charge is -2.29. The number of nitrogens with zero attached hydrogens (tertiary/aromatic N) is 1. The topological polar surface area (TPSA) is 78.9 Å². The molecule has 2 N–H and O–H groups in total. The van der Waals surface area contributed by atoms with Crippen molar-refractivity contribution >= 4 is 68.4 Å². The largest absolute Gasteiger partial charge is 0.506 e. The molecule has 6 nitrogen and oxygen atoms in total. The first-order chi connectivity index (χ1) is 12.8. The van der Waals surface area contributed by atoms with Crippen molar-refractivity contribution in [1.29, 1.82) is 0 Å². The van der Waals surface area contributed by atoms with E-state index in [1.807, 2.05) is 0 Å². The number of nitrogens with one attached hydrogen (secondary N) is 1. The Morgan fingerprint density at radius 3 is 2.56 bits per heavy atom. The van der Waals surface area contributed by atoms with E-state index >= 15 is 0 Å². The molecule has 0 aliphatic carbocycles. The average molecular weight is 468 g/mol. The number of hydrogen-bond donors (Lipinski definition) is 2. The number of halogens is 2. The number of rotatable bonds is 3. The number of phenolic OH excluding ortho intramolecular Hbond substituents is 1. The van der Waals surface area contributed by atoms with Crippen molar-refractivity contribution in [2.45, 2.75) is 0 Å². The number of carbonyl (C=O) groups is 2. The summed E-state index contributed by atoms with van der Waals surface area (Å²) in [5, 5.41) is 12.9. The molecule has 3 rings (SSSR count). The molecule has 9 heteroatoms. The SMILES string of the molecule is COc1ccc(N2C(=O)C(=Cc3cc(Cl)cc(Br)c3O)C(=O)NC2=S)cc1. The Balaban J connectivity index is 2.04. The van der Waals surface area contributed by atoms with Crippen LogP contribution in [0.1, 0.15) is 5.56 Å². The van der Waals surface area contributed by atoms with Crippen LogP contribution in [0.3, 0.4) is 0 Å². The van der Waals surface area contributed by atoms with Gasteiger partial charge in [-0.2, -0.15) is 0 Å². The molecule has 0 atom stereocenters. The number of hydrogen-bond acceptors (Lipinski definition) is 5. The molecule has 138 valence electrons. The molecule has 1 heterocycles. The molecule has 1 fully saturated rings. The normalized spacial score (nSPS) is 15.9. The molecule has 2 aromatic rings. The Hall–Kier alpha value is -2.42. The summed E-state index contributed by atoms with van der Waals surface area (Å²) in [6.07, 6.45) is 1.27. The van der Waals surface area contributed by atoms with Crippen molar-refractivity contribution in [3.63, 3.8) is 0 Å². The first-order valence-corrected chi connectivity index (χ1v) is 9.13. The highest BCUT2D eigenvalue weighted by Gasteiger charge is 2.34. The number of carbonyl (C=O) groups excluding carboxylic acids is 2. The van der Waals surface area contributed by atoms with Crippen LogP contribution in [0.15, 0.2) is 46.4 Å². The van der Waals surface area contributed by atoms with Gasteiger partial charge in [0.15, 0.2) is 5.11 Å². The molecule has 0 saturated carbocycles. The number of aromatic hydroxyl groups is 1. The Kier molecular flexibility index (Phi) is 5.50. The van der Waals surface area contributed by atoms with Crippen LogP contribution in [0.2, 0.25) is 5.02 Å². The second-order valence-electron chi connectivity index (χ2n) is 5.48. The summed E-state index contributed by atoms with van der Waals surface area (Å²) < 4.78 is 5.44. The standard InChI is InChI=1S/C18H12BrClN2O4S/c1-26-12-4-2-11(3-5-12)22-17(25)13(16(24)21-18(22)27)7-9-6-10(20)8-14(19)15(9)23/h2-8,23H,1H3,(H,21,24,27). The first kappa shape index (κ1) is 19.3.